The van der Waals surface area contributed by atoms with Crippen molar-refractivity contribution in [3.63, 3.8) is 0 Å². The predicted molar refractivity (Wildman–Crippen MR) is 83.1 cm³/mol. The highest BCUT2D eigenvalue weighted by Gasteiger charge is 2.23. The van der Waals surface area contributed by atoms with Gasteiger partial charge in [-0.3, -0.25) is 9.59 Å². The van der Waals surface area contributed by atoms with Crippen LogP contribution in [-0.2, 0) is 9.59 Å². The van der Waals surface area contributed by atoms with Crippen molar-refractivity contribution in [3.05, 3.63) is 60.2 Å². The summed E-state index contributed by atoms with van der Waals surface area (Å²) in [7, 11) is 1.51. The molecule has 0 unspecified atom stereocenters. The van der Waals surface area contributed by atoms with Gasteiger partial charge in [0.1, 0.15) is 5.75 Å². The number of carbonyl (C=O) groups excluding carboxylic acids is 1. The fraction of sp³-hybridized carbons (Fsp3) is 0.176. The molecule has 1 amide bonds. The van der Waals surface area contributed by atoms with Crippen molar-refractivity contribution in [1.82, 2.24) is 0 Å². The van der Waals surface area contributed by atoms with Gasteiger partial charge in [0.15, 0.2) is 0 Å². The molecule has 5 nitrogen and oxygen atoms in total. The number of para-hydroxylation sites is 2. The van der Waals surface area contributed by atoms with Crippen molar-refractivity contribution < 1.29 is 19.4 Å². The van der Waals surface area contributed by atoms with Crippen LogP contribution in [0.5, 0.6) is 5.75 Å². The van der Waals surface area contributed by atoms with Gasteiger partial charge in [-0.1, -0.05) is 42.5 Å². The quantitative estimate of drug-likeness (QED) is 0.860. The Hall–Kier alpha value is -2.82. The Balaban J connectivity index is 2.11. The molecule has 0 fully saturated rings. The van der Waals surface area contributed by atoms with Crippen molar-refractivity contribution in [3.8, 4) is 5.75 Å². The molecule has 0 radical (unpaired) electrons. The maximum absolute atomic E-state index is 12.1. The molecule has 2 rings (SSSR count). The number of hydrogen-bond acceptors (Lipinski definition) is 3. The molecule has 0 aliphatic heterocycles. The number of benzene rings is 2. The lowest BCUT2D eigenvalue weighted by atomic mass is 9.95. The zero-order chi connectivity index (χ0) is 15.9. The number of nitrogens with one attached hydrogen (secondary N) is 1. The third-order valence-electron chi connectivity index (χ3n) is 3.27. The zero-order valence-electron chi connectivity index (χ0n) is 12.2. The summed E-state index contributed by atoms with van der Waals surface area (Å²) in [5.41, 5.74) is 1.12. The minimum atomic E-state index is -1.03. The maximum atomic E-state index is 12.1. The van der Waals surface area contributed by atoms with Gasteiger partial charge in [-0.2, -0.15) is 0 Å². The molecule has 0 aliphatic carbocycles. The van der Waals surface area contributed by atoms with Crippen LogP contribution in [0.1, 0.15) is 17.9 Å². The van der Waals surface area contributed by atoms with Crippen molar-refractivity contribution in [2.24, 2.45) is 0 Å². The summed E-state index contributed by atoms with van der Waals surface area (Å²) in [6.45, 7) is 0. The lowest BCUT2D eigenvalue weighted by Crippen LogP contribution is -2.21. The maximum Gasteiger partial charge on any atom is 0.311 e. The second-order valence-corrected chi connectivity index (χ2v) is 4.75. The normalized spacial score (nSPS) is 11.5. The van der Waals surface area contributed by atoms with Crippen LogP contribution in [0.25, 0.3) is 0 Å². The Morgan fingerprint density at radius 2 is 1.73 bits per heavy atom. The number of hydrogen-bond donors (Lipinski definition) is 2. The van der Waals surface area contributed by atoms with Gasteiger partial charge in [0, 0.05) is 6.42 Å². The Morgan fingerprint density at radius 1 is 1.09 bits per heavy atom. The summed E-state index contributed by atoms with van der Waals surface area (Å²) >= 11 is 0. The van der Waals surface area contributed by atoms with Gasteiger partial charge >= 0.3 is 5.97 Å². The van der Waals surface area contributed by atoms with Gasteiger partial charge in [-0.05, 0) is 17.7 Å². The van der Waals surface area contributed by atoms with Crippen LogP contribution in [0, 0.1) is 0 Å². The molecule has 2 aromatic carbocycles. The van der Waals surface area contributed by atoms with Gasteiger partial charge in [0.25, 0.3) is 0 Å². The van der Waals surface area contributed by atoms with Crippen LogP contribution in [0.3, 0.4) is 0 Å². The topological polar surface area (TPSA) is 75.6 Å². The number of amides is 1. The third kappa shape index (κ3) is 3.85. The number of ether oxygens (including phenoxy) is 1. The SMILES string of the molecule is COc1ccccc1NC(=O)C[C@@H](C(=O)O)c1ccccc1. The Bertz CT molecular complexity index is 655. The summed E-state index contributed by atoms with van der Waals surface area (Å²) in [4.78, 5) is 23.5. The number of methoxy groups -OCH3 is 1. The number of anilines is 1. The summed E-state index contributed by atoms with van der Waals surface area (Å²) in [5, 5.41) is 12.0. The van der Waals surface area contributed by atoms with Crippen LogP contribution >= 0.6 is 0 Å². The van der Waals surface area contributed by atoms with Gasteiger partial charge in [-0.25, -0.2) is 0 Å². The van der Waals surface area contributed by atoms with E-state index in [0.29, 0.717) is 17.0 Å². The van der Waals surface area contributed by atoms with E-state index in [4.69, 9.17) is 4.74 Å². The summed E-state index contributed by atoms with van der Waals surface area (Å²) < 4.78 is 5.15. The van der Waals surface area contributed by atoms with Crippen molar-refractivity contribution in [1.29, 1.82) is 0 Å². The van der Waals surface area contributed by atoms with E-state index in [1.165, 1.54) is 7.11 Å². The monoisotopic (exact) mass is 299 g/mol. The van der Waals surface area contributed by atoms with Crippen molar-refractivity contribution in [2.75, 3.05) is 12.4 Å². The first-order valence-electron chi connectivity index (χ1n) is 6.82. The summed E-state index contributed by atoms with van der Waals surface area (Å²) in [6, 6.07) is 15.7. The van der Waals surface area contributed by atoms with Crippen molar-refractivity contribution in [2.45, 2.75) is 12.3 Å². The molecular formula is C17H17NO4. The molecule has 114 valence electrons. The van der Waals surface area contributed by atoms with Crippen LogP contribution < -0.4 is 10.1 Å². The minimum absolute atomic E-state index is 0.141. The number of carbonyl (C=O) groups is 2. The fourth-order valence-electron chi connectivity index (χ4n) is 2.17. The first-order chi connectivity index (χ1) is 10.6. The predicted octanol–water partition coefficient (Wildman–Crippen LogP) is 2.89. The Morgan fingerprint density at radius 3 is 2.36 bits per heavy atom. The molecule has 0 saturated heterocycles. The lowest BCUT2D eigenvalue weighted by Gasteiger charge is -2.14. The fourth-order valence-corrected chi connectivity index (χ4v) is 2.17. The van der Waals surface area contributed by atoms with E-state index in [9.17, 15) is 14.7 Å². The van der Waals surface area contributed by atoms with Gasteiger partial charge < -0.3 is 15.2 Å². The average molecular weight is 299 g/mol. The molecule has 0 aromatic heterocycles. The van der Waals surface area contributed by atoms with Gasteiger partial charge in [-0.15, -0.1) is 0 Å². The first kappa shape index (κ1) is 15.6. The highest BCUT2D eigenvalue weighted by atomic mass is 16.5. The second kappa shape index (κ2) is 7.26. The molecule has 22 heavy (non-hydrogen) atoms. The van der Waals surface area contributed by atoms with Crippen LogP contribution in [-0.4, -0.2) is 24.1 Å². The van der Waals surface area contributed by atoms with Gasteiger partial charge in [0.05, 0.1) is 18.7 Å². The standard InChI is InChI=1S/C17H17NO4/c1-22-15-10-6-5-9-14(15)18-16(19)11-13(17(20)21)12-7-3-2-4-8-12/h2-10,13H,11H2,1H3,(H,18,19)(H,20,21)/t13-/m1/s1. The lowest BCUT2D eigenvalue weighted by molar-refractivity contribution is -0.140. The highest BCUT2D eigenvalue weighted by molar-refractivity contribution is 5.95. The molecule has 0 saturated carbocycles. The molecule has 5 heteroatoms. The molecule has 0 heterocycles. The summed E-state index contributed by atoms with van der Waals surface area (Å²) in [5.74, 6) is -1.75. The molecule has 0 aliphatic rings. The van der Waals surface area contributed by atoms with E-state index in [2.05, 4.69) is 5.32 Å². The highest BCUT2D eigenvalue weighted by Crippen LogP contribution is 2.25. The summed E-state index contributed by atoms with van der Waals surface area (Å²) in [6.07, 6.45) is -0.141. The van der Waals surface area contributed by atoms with E-state index in [1.807, 2.05) is 0 Å². The van der Waals surface area contributed by atoms with E-state index in [1.54, 1.807) is 54.6 Å². The molecular weight excluding hydrogens is 282 g/mol. The molecule has 0 bridgehead atoms. The molecule has 1 atom stereocenters. The molecule has 2 N–H and O–H groups in total. The number of carboxylic acids is 1. The van der Waals surface area contributed by atoms with E-state index in [0.717, 1.165) is 0 Å². The van der Waals surface area contributed by atoms with Crippen molar-refractivity contribution >= 4 is 17.6 Å². The minimum Gasteiger partial charge on any atom is -0.495 e. The second-order valence-electron chi connectivity index (χ2n) is 4.75. The number of carboxylic acid groups (broad SMARTS) is 1. The Kier molecular flexibility index (Phi) is 5.14. The van der Waals surface area contributed by atoms with E-state index in [-0.39, 0.29) is 12.3 Å². The van der Waals surface area contributed by atoms with E-state index < -0.39 is 11.9 Å². The van der Waals surface area contributed by atoms with Crippen LogP contribution in [0.15, 0.2) is 54.6 Å². The van der Waals surface area contributed by atoms with Crippen LogP contribution in [0.2, 0.25) is 0 Å². The first-order valence-corrected chi connectivity index (χ1v) is 6.82. The largest absolute Gasteiger partial charge is 0.495 e. The Labute approximate surface area is 128 Å². The number of rotatable bonds is 6. The van der Waals surface area contributed by atoms with E-state index >= 15 is 0 Å². The molecule has 0 spiro atoms. The van der Waals surface area contributed by atoms with Gasteiger partial charge in [0.2, 0.25) is 5.91 Å². The third-order valence-corrected chi connectivity index (χ3v) is 3.27. The average Bonchev–Trinajstić information content (AvgIpc) is 2.53. The zero-order valence-corrected chi connectivity index (χ0v) is 12.2. The smallest absolute Gasteiger partial charge is 0.311 e. The molecule has 2 aromatic rings. The number of aliphatic carboxylic acids is 1. The van der Waals surface area contributed by atoms with Crippen LogP contribution in [0.4, 0.5) is 5.69 Å².